The summed E-state index contributed by atoms with van der Waals surface area (Å²) in [7, 11) is -3.70. The van der Waals surface area contributed by atoms with Gasteiger partial charge in [-0.15, -0.1) is 11.3 Å². The Hall–Kier alpha value is -2.07. The highest BCUT2D eigenvalue weighted by Crippen LogP contribution is 2.39. The van der Waals surface area contributed by atoms with E-state index in [1.165, 1.54) is 61.0 Å². The van der Waals surface area contributed by atoms with Gasteiger partial charge >= 0.3 is 0 Å². The van der Waals surface area contributed by atoms with Crippen LogP contribution in [0.1, 0.15) is 66.9 Å². The maximum atomic E-state index is 11.6. The predicted octanol–water partition coefficient (Wildman–Crippen LogP) is 2.96. The second-order valence-electron chi connectivity index (χ2n) is 9.35. The Morgan fingerprint density at radius 2 is 1.79 bits per heavy atom. The first-order chi connectivity index (χ1) is 15.9. The van der Waals surface area contributed by atoms with E-state index in [1.807, 2.05) is 23.5 Å². The third-order valence-corrected chi connectivity index (χ3v) is 9.01. The Labute approximate surface area is 199 Å². The minimum Gasteiger partial charge on any atom is -0.363 e. The lowest BCUT2D eigenvalue weighted by Crippen LogP contribution is -3.11. The van der Waals surface area contributed by atoms with Crippen LogP contribution in [-0.4, -0.2) is 31.5 Å². The number of nitrogens with two attached hydrogens (primary N) is 1. The Morgan fingerprint density at radius 1 is 1.06 bits per heavy atom. The lowest BCUT2D eigenvalue weighted by atomic mass is 9.97. The number of sulfonamides is 1. The van der Waals surface area contributed by atoms with E-state index in [9.17, 15) is 8.42 Å². The Morgan fingerprint density at radius 3 is 2.52 bits per heavy atom. The number of quaternary nitrogens is 1. The van der Waals surface area contributed by atoms with Gasteiger partial charge in [-0.05, 0) is 75.1 Å². The van der Waals surface area contributed by atoms with Crippen molar-refractivity contribution in [3.63, 3.8) is 0 Å². The molecule has 9 heteroatoms. The molecule has 33 heavy (non-hydrogen) atoms. The molecule has 1 aromatic carbocycles. The van der Waals surface area contributed by atoms with Gasteiger partial charge in [0.25, 0.3) is 0 Å². The summed E-state index contributed by atoms with van der Waals surface area (Å²) in [6.45, 7) is 5.33. The molecule has 0 radical (unpaired) electrons. The zero-order valence-electron chi connectivity index (χ0n) is 19.1. The minimum atomic E-state index is -3.70. The number of aryl methyl sites for hydroxylation is 2. The summed E-state index contributed by atoms with van der Waals surface area (Å²) >= 11 is 1.84. The van der Waals surface area contributed by atoms with E-state index in [4.69, 9.17) is 15.1 Å². The van der Waals surface area contributed by atoms with E-state index in [-0.39, 0.29) is 10.9 Å². The normalized spacial score (nSPS) is 18.2. The van der Waals surface area contributed by atoms with Crippen LogP contribution in [0.5, 0.6) is 0 Å². The summed E-state index contributed by atoms with van der Waals surface area (Å²) in [5.41, 5.74) is 2.40. The van der Waals surface area contributed by atoms with Crippen LogP contribution in [0.3, 0.4) is 0 Å². The smallest absolute Gasteiger partial charge is 0.238 e. The number of nitrogens with zero attached hydrogens (tertiary/aromatic N) is 2. The van der Waals surface area contributed by atoms with Crippen LogP contribution in [0.25, 0.3) is 10.2 Å². The number of thiophene rings is 1. The molecule has 1 aliphatic carbocycles. The molecular weight excluding hydrogens is 454 g/mol. The number of hydrogen-bond acceptors (Lipinski definition) is 6. The molecule has 1 saturated heterocycles. The van der Waals surface area contributed by atoms with Gasteiger partial charge in [-0.1, -0.05) is 12.1 Å². The summed E-state index contributed by atoms with van der Waals surface area (Å²) in [5.74, 6) is 1.83. The van der Waals surface area contributed by atoms with Gasteiger partial charge in [0.15, 0.2) is 5.82 Å². The highest BCUT2D eigenvalue weighted by atomic mass is 32.2. The number of benzene rings is 1. The average molecular weight is 487 g/mol. The standard InChI is InChI=1S/C24H31N5O2S2/c1-16(17-9-11-18(12-10-17)33(25,30)31)26-23-22-19-7-3-4-8-20(19)32-24(22)28-21(27-23)15-29-13-5-2-6-14-29/h9-12,16H,2-8,13-15H2,1H3,(H2,25,30,31)(H,26,27,28)/p+1/t16-/m1/s1. The number of fused-ring (bicyclic) bond motifs is 3. The lowest BCUT2D eigenvalue weighted by molar-refractivity contribution is -0.919. The first-order valence-corrected chi connectivity index (χ1v) is 14.3. The van der Waals surface area contributed by atoms with Gasteiger partial charge in [-0.25, -0.2) is 23.5 Å². The molecule has 1 aliphatic heterocycles. The summed E-state index contributed by atoms with van der Waals surface area (Å²) in [6.07, 6.45) is 8.56. The monoisotopic (exact) mass is 486 g/mol. The Bertz CT molecular complexity index is 1250. The summed E-state index contributed by atoms with van der Waals surface area (Å²) in [5, 5.41) is 10.1. The molecule has 0 saturated carbocycles. The first kappa shape index (κ1) is 22.7. The molecule has 3 aromatic rings. The predicted molar refractivity (Wildman–Crippen MR) is 132 cm³/mol. The molecule has 1 atom stereocenters. The topological polar surface area (TPSA) is 102 Å². The molecule has 2 aromatic heterocycles. The number of aromatic nitrogens is 2. The van der Waals surface area contributed by atoms with Gasteiger partial charge < -0.3 is 10.2 Å². The zero-order chi connectivity index (χ0) is 23.0. The number of rotatable bonds is 6. The zero-order valence-corrected chi connectivity index (χ0v) is 20.7. The fraction of sp³-hybridized carbons (Fsp3) is 0.500. The number of hydrogen-bond donors (Lipinski definition) is 3. The van der Waals surface area contributed by atoms with E-state index < -0.39 is 10.0 Å². The third-order valence-electron chi connectivity index (χ3n) is 6.89. The van der Waals surface area contributed by atoms with Crippen molar-refractivity contribution < 1.29 is 13.3 Å². The van der Waals surface area contributed by atoms with Crippen molar-refractivity contribution in [1.29, 1.82) is 0 Å². The van der Waals surface area contributed by atoms with Crippen LogP contribution in [0, 0.1) is 0 Å². The molecule has 7 nitrogen and oxygen atoms in total. The largest absolute Gasteiger partial charge is 0.363 e. The SMILES string of the molecule is C[C@@H](Nc1nc(C[NH+]2CCCCC2)nc2sc3c(c12)CCCC3)c1ccc(S(N)(=O)=O)cc1. The number of anilines is 1. The molecule has 0 amide bonds. The minimum absolute atomic E-state index is 0.0352. The van der Waals surface area contributed by atoms with E-state index in [0.717, 1.165) is 41.4 Å². The van der Waals surface area contributed by atoms with E-state index in [0.29, 0.717) is 0 Å². The van der Waals surface area contributed by atoms with Gasteiger partial charge in [-0.3, -0.25) is 0 Å². The summed E-state index contributed by atoms with van der Waals surface area (Å²) in [6, 6.07) is 6.73. The molecule has 0 unspecified atom stereocenters. The number of piperidine rings is 1. The molecule has 4 N–H and O–H groups in total. The summed E-state index contributed by atoms with van der Waals surface area (Å²) in [4.78, 5) is 14.3. The molecule has 2 aliphatic rings. The van der Waals surface area contributed by atoms with Crippen LogP contribution in [-0.2, 0) is 29.4 Å². The molecular formula is C24H32N5O2S2+. The van der Waals surface area contributed by atoms with Crippen molar-refractivity contribution in [3.05, 3.63) is 46.1 Å². The van der Waals surface area contributed by atoms with Crippen LogP contribution >= 0.6 is 11.3 Å². The van der Waals surface area contributed by atoms with Crippen LogP contribution in [0.2, 0.25) is 0 Å². The van der Waals surface area contributed by atoms with E-state index >= 15 is 0 Å². The van der Waals surface area contributed by atoms with Crippen molar-refractivity contribution in [2.75, 3.05) is 18.4 Å². The van der Waals surface area contributed by atoms with Crippen LogP contribution in [0.15, 0.2) is 29.2 Å². The van der Waals surface area contributed by atoms with Gasteiger partial charge in [0.2, 0.25) is 10.0 Å². The van der Waals surface area contributed by atoms with Crippen molar-refractivity contribution in [1.82, 2.24) is 9.97 Å². The van der Waals surface area contributed by atoms with Crippen LogP contribution in [0.4, 0.5) is 5.82 Å². The summed E-state index contributed by atoms with van der Waals surface area (Å²) < 4.78 is 23.2. The second-order valence-corrected chi connectivity index (χ2v) is 12.0. The van der Waals surface area contributed by atoms with Crippen molar-refractivity contribution >= 4 is 37.4 Å². The highest BCUT2D eigenvalue weighted by molar-refractivity contribution is 7.89. The van der Waals surface area contributed by atoms with Crippen LogP contribution < -0.4 is 15.4 Å². The second kappa shape index (κ2) is 9.29. The molecule has 0 spiro atoms. The van der Waals surface area contributed by atoms with Gasteiger partial charge in [0.05, 0.1) is 23.4 Å². The Balaban J connectivity index is 1.48. The van der Waals surface area contributed by atoms with E-state index in [1.54, 1.807) is 17.0 Å². The molecule has 1 fully saturated rings. The quantitative estimate of drug-likeness (QED) is 0.497. The number of likely N-dealkylation sites (tertiary alicyclic amines) is 1. The number of nitrogens with one attached hydrogen (secondary N) is 2. The van der Waals surface area contributed by atoms with Crippen molar-refractivity contribution in [2.24, 2.45) is 5.14 Å². The maximum Gasteiger partial charge on any atom is 0.238 e. The first-order valence-electron chi connectivity index (χ1n) is 11.9. The fourth-order valence-electron chi connectivity index (χ4n) is 5.07. The van der Waals surface area contributed by atoms with Gasteiger partial charge in [-0.2, -0.15) is 0 Å². The molecule has 5 rings (SSSR count). The lowest BCUT2D eigenvalue weighted by Gasteiger charge is -2.23. The molecule has 3 heterocycles. The number of primary sulfonamides is 1. The molecule has 0 bridgehead atoms. The van der Waals surface area contributed by atoms with Gasteiger partial charge in [0, 0.05) is 10.9 Å². The third kappa shape index (κ3) is 4.91. The van der Waals surface area contributed by atoms with Crippen molar-refractivity contribution in [3.8, 4) is 0 Å². The fourth-order valence-corrected chi connectivity index (χ4v) is 6.87. The maximum absolute atomic E-state index is 11.6. The Kier molecular flexibility index (Phi) is 6.39. The van der Waals surface area contributed by atoms with E-state index in [2.05, 4.69) is 12.2 Å². The highest BCUT2D eigenvalue weighted by Gasteiger charge is 2.24. The average Bonchev–Trinajstić information content (AvgIpc) is 3.18. The van der Waals surface area contributed by atoms with Gasteiger partial charge in [0.1, 0.15) is 17.2 Å². The van der Waals surface area contributed by atoms with Crippen molar-refractivity contribution in [2.45, 2.75) is 69.4 Å². The molecule has 176 valence electrons.